The van der Waals surface area contributed by atoms with Crippen LogP contribution in [-0.2, 0) is 27.2 Å². The van der Waals surface area contributed by atoms with Gasteiger partial charge in [0.2, 0.25) is 0 Å². The van der Waals surface area contributed by atoms with Gasteiger partial charge in [0.15, 0.2) is 6.10 Å². The molecule has 0 bridgehead atoms. The third-order valence-corrected chi connectivity index (χ3v) is 4.32. The molecule has 2 N–H and O–H groups in total. The molecule has 0 aliphatic heterocycles. The van der Waals surface area contributed by atoms with Crippen LogP contribution >= 0.6 is 0 Å². The summed E-state index contributed by atoms with van der Waals surface area (Å²) in [5.41, 5.74) is 3.71. The van der Waals surface area contributed by atoms with Crippen LogP contribution in [0.1, 0.15) is 25.0 Å². The summed E-state index contributed by atoms with van der Waals surface area (Å²) in [6, 6.07) is 15.4. The largest absolute Gasteiger partial charge is 0.452 e. The van der Waals surface area contributed by atoms with Crippen molar-refractivity contribution in [3.63, 3.8) is 0 Å². The van der Waals surface area contributed by atoms with E-state index in [1.165, 1.54) is 5.56 Å². The van der Waals surface area contributed by atoms with Crippen molar-refractivity contribution < 1.29 is 14.3 Å². The number of hydrogen-bond acceptors (Lipinski definition) is 3. The van der Waals surface area contributed by atoms with Gasteiger partial charge >= 0.3 is 5.97 Å². The maximum absolute atomic E-state index is 12.2. The Hall–Kier alpha value is -3.08. The van der Waals surface area contributed by atoms with Gasteiger partial charge in [0.25, 0.3) is 5.91 Å². The third-order valence-electron chi connectivity index (χ3n) is 4.32. The van der Waals surface area contributed by atoms with E-state index >= 15 is 0 Å². The number of H-pyrrole nitrogens is 1. The molecule has 0 saturated carbocycles. The minimum Gasteiger partial charge on any atom is -0.452 e. The predicted octanol–water partition coefficient (Wildman–Crippen LogP) is 3.84. The van der Waals surface area contributed by atoms with E-state index in [2.05, 4.69) is 17.2 Å². The SMILES string of the molecule is CCc1ccc(NC(=O)[C@@H](C)OC(=O)Cc2c[nH]c3ccccc23)cc1. The van der Waals surface area contributed by atoms with E-state index in [-0.39, 0.29) is 12.3 Å². The zero-order valence-corrected chi connectivity index (χ0v) is 14.9. The van der Waals surface area contributed by atoms with Gasteiger partial charge in [0.05, 0.1) is 6.42 Å². The molecule has 3 aromatic rings. The Kier molecular flexibility index (Phi) is 5.37. The molecule has 0 spiro atoms. The van der Waals surface area contributed by atoms with Gasteiger partial charge in [-0.3, -0.25) is 9.59 Å². The van der Waals surface area contributed by atoms with Crippen LogP contribution in [0.15, 0.2) is 54.7 Å². The number of para-hydroxylation sites is 1. The maximum atomic E-state index is 12.2. The molecule has 1 amide bonds. The van der Waals surface area contributed by atoms with Gasteiger partial charge in [-0.1, -0.05) is 37.3 Å². The first kappa shape index (κ1) is 17.7. The van der Waals surface area contributed by atoms with Gasteiger partial charge in [-0.05, 0) is 42.7 Å². The number of aryl methyl sites for hydroxylation is 1. The molecule has 0 fully saturated rings. The van der Waals surface area contributed by atoms with E-state index in [1.54, 1.807) is 13.1 Å². The number of hydrogen-bond donors (Lipinski definition) is 2. The predicted molar refractivity (Wildman–Crippen MR) is 102 cm³/mol. The number of rotatable bonds is 6. The normalized spacial score (nSPS) is 11.9. The van der Waals surface area contributed by atoms with Crippen molar-refractivity contribution in [3.8, 4) is 0 Å². The number of benzene rings is 2. The van der Waals surface area contributed by atoms with E-state index in [4.69, 9.17) is 4.74 Å². The maximum Gasteiger partial charge on any atom is 0.311 e. The second-order valence-electron chi connectivity index (χ2n) is 6.21. The van der Waals surface area contributed by atoms with Crippen LogP contribution in [0.25, 0.3) is 10.9 Å². The Balaban J connectivity index is 1.56. The van der Waals surface area contributed by atoms with Crippen molar-refractivity contribution in [2.24, 2.45) is 0 Å². The number of aromatic amines is 1. The molecule has 134 valence electrons. The van der Waals surface area contributed by atoms with Crippen LogP contribution in [-0.4, -0.2) is 23.0 Å². The first-order chi connectivity index (χ1) is 12.6. The molecule has 0 aliphatic carbocycles. The minimum absolute atomic E-state index is 0.118. The molecule has 3 rings (SSSR count). The molecule has 1 heterocycles. The highest BCUT2D eigenvalue weighted by atomic mass is 16.5. The van der Waals surface area contributed by atoms with Gasteiger partial charge in [0.1, 0.15) is 0 Å². The van der Waals surface area contributed by atoms with Crippen molar-refractivity contribution >= 4 is 28.5 Å². The van der Waals surface area contributed by atoms with E-state index in [1.807, 2.05) is 48.5 Å². The molecule has 0 unspecified atom stereocenters. The van der Waals surface area contributed by atoms with Crippen LogP contribution in [0.3, 0.4) is 0 Å². The fraction of sp³-hybridized carbons (Fsp3) is 0.238. The topological polar surface area (TPSA) is 71.2 Å². The Morgan fingerprint density at radius 1 is 1.12 bits per heavy atom. The highest BCUT2D eigenvalue weighted by Gasteiger charge is 2.19. The first-order valence-electron chi connectivity index (χ1n) is 8.71. The van der Waals surface area contributed by atoms with E-state index in [0.717, 1.165) is 22.9 Å². The van der Waals surface area contributed by atoms with Gasteiger partial charge in [-0.15, -0.1) is 0 Å². The van der Waals surface area contributed by atoms with E-state index in [9.17, 15) is 9.59 Å². The second-order valence-corrected chi connectivity index (χ2v) is 6.21. The monoisotopic (exact) mass is 350 g/mol. The fourth-order valence-corrected chi connectivity index (χ4v) is 2.79. The van der Waals surface area contributed by atoms with Crippen molar-refractivity contribution in [2.75, 3.05) is 5.32 Å². The number of fused-ring (bicyclic) bond motifs is 1. The van der Waals surface area contributed by atoms with Crippen LogP contribution in [0.2, 0.25) is 0 Å². The lowest BCUT2D eigenvalue weighted by molar-refractivity contribution is -0.152. The highest BCUT2D eigenvalue weighted by molar-refractivity contribution is 5.95. The number of carbonyl (C=O) groups excluding carboxylic acids is 2. The number of anilines is 1. The molecule has 0 saturated heterocycles. The average Bonchev–Trinajstić information content (AvgIpc) is 3.05. The molecule has 1 atom stereocenters. The summed E-state index contributed by atoms with van der Waals surface area (Å²) >= 11 is 0. The summed E-state index contributed by atoms with van der Waals surface area (Å²) < 4.78 is 5.29. The second kappa shape index (κ2) is 7.87. The van der Waals surface area contributed by atoms with Gasteiger partial charge in [-0.2, -0.15) is 0 Å². The first-order valence-corrected chi connectivity index (χ1v) is 8.71. The smallest absolute Gasteiger partial charge is 0.311 e. The number of ether oxygens (including phenoxy) is 1. The van der Waals surface area contributed by atoms with Crippen LogP contribution in [0.4, 0.5) is 5.69 Å². The molecule has 0 aliphatic rings. The highest BCUT2D eigenvalue weighted by Crippen LogP contribution is 2.18. The summed E-state index contributed by atoms with van der Waals surface area (Å²) in [5, 5.41) is 3.75. The van der Waals surface area contributed by atoms with Gasteiger partial charge in [-0.25, -0.2) is 0 Å². The number of carbonyl (C=O) groups is 2. The van der Waals surface area contributed by atoms with Gasteiger partial charge < -0.3 is 15.0 Å². The average molecular weight is 350 g/mol. The summed E-state index contributed by atoms with van der Waals surface area (Å²) in [6.07, 6.45) is 1.99. The summed E-state index contributed by atoms with van der Waals surface area (Å²) in [7, 11) is 0. The number of esters is 1. The molecule has 5 heteroatoms. The lowest BCUT2D eigenvalue weighted by Crippen LogP contribution is -2.30. The lowest BCUT2D eigenvalue weighted by Gasteiger charge is -2.13. The Morgan fingerprint density at radius 2 is 1.85 bits per heavy atom. The molecule has 2 aromatic carbocycles. The summed E-state index contributed by atoms with van der Waals surface area (Å²) in [6.45, 7) is 3.64. The van der Waals surface area contributed by atoms with E-state index in [0.29, 0.717) is 5.69 Å². The van der Waals surface area contributed by atoms with Gasteiger partial charge in [0, 0.05) is 22.8 Å². The third kappa shape index (κ3) is 4.11. The molecule has 0 radical (unpaired) electrons. The Morgan fingerprint density at radius 3 is 2.58 bits per heavy atom. The molecule has 26 heavy (non-hydrogen) atoms. The molecule has 1 aromatic heterocycles. The van der Waals surface area contributed by atoms with E-state index < -0.39 is 12.1 Å². The zero-order valence-electron chi connectivity index (χ0n) is 14.9. The summed E-state index contributed by atoms with van der Waals surface area (Å²) in [5.74, 6) is -0.778. The number of aromatic nitrogens is 1. The van der Waals surface area contributed by atoms with Crippen LogP contribution in [0, 0.1) is 0 Å². The standard InChI is InChI=1S/C21H22N2O3/c1-3-15-8-10-17(11-9-15)23-21(25)14(2)26-20(24)12-16-13-22-19-7-5-4-6-18(16)19/h4-11,13-14,22H,3,12H2,1-2H3,(H,23,25)/t14-/m1/s1. The Labute approximate surface area is 152 Å². The lowest BCUT2D eigenvalue weighted by atomic mass is 10.1. The van der Waals surface area contributed by atoms with Crippen molar-refractivity contribution in [3.05, 3.63) is 65.9 Å². The Bertz CT molecular complexity index is 912. The van der Waals surface area contributed by atoms with Crippen molar-refractivity contribution in [1.82, 2.24) is 4.98 Å². The summed E-state index contributed by atoms with van der Waals surface area (Å²) in [4.78, 5) is 27.5. The molecule has 5 nitrogen and oxygen atoms in total. The number of nitrogens with one attached hydrogen (secondary N) is 2. The minimum atomic E-state index is -0.862. The quantitative estimate of drug-likeness (QED) is 0.664. The van der Waals surface area contributed by atoms with Crippen LogP contribution in [0.5, 0.6) is 0 Å². The van der Waals surface area contributed by atoms with Crippen LogP contribution < -0.4 is 5.32 Å². The van der Waals surface area contributed by atoms with Crippen molar-refractivity contribution in [2.45, 2.75) is 32.8 Å². The zero-order chi connectivity index (χ0) is 18.5. The van der Waals surface area contributed by atoms with Crippen molar-refractivity contribution in [1.29, 1.82) is 0 Å². The number of amides is 1. The fourth-order valence-electron chi connectivity index (χ4n) is 2.79. The molecular formula is C21H22N2O3. The molecular weight excluding hydrogens is 328 g/mol.